The number of aliphatic carboxylic acids is 1. The fourth-order valence-electron chi connectivity index (χ4n) is 2.63. The van der Waals surface area contributed by atoms with Crippen molar-refractivity contribution >= 4 is 12.0 Å². The van der Waals surface area contributed by atoms with Gasteiger partial charge in [0.25, 0.3) is 0 Å². The van der Waals surface area contributed by atoms with Crippen molar-refractivity contribution in [3.8, 4) is 0 Å². The summed E-state index contributed by atoms with van der Waals surface area (Å²) in [5.74, 6) is -0.815. The number of amides is 2. The van der Waals surface area contributed by atoms with Gasteiger partial charge in [-0.1, -0.05) is 6.42 Å². The van der Waals surface area contributed by atoms with Crippen LogP contribution in [0.4, 0.5) is 4.79 Å². The molecule has 2 rings (SSSR count). The second kappa shape index (κ2) is 5.36. The van der Waals surface area contributed by atoms with E-state index in [0.29, 0.717) is 19.4 Å². The number of hydrogen-bond acceptors (Lipinski definition) is 3. The summed E-state index contributed by atoms with van der Waals surface area (Å²) in [4.78, 5) is 22.8. The van der Waals surface area contributed by atoms with Gasteiger partial charge in [0.15, 0.2) is 0 Å². The van der Waals surface area contributed by atoms with Gasteiger partial charge < -0.3 is 20.5 Å². The van der Waals surface area contributed by atoms with Crippen LogP contribution in [0.5, 0.6) is 0 Å². The van der Waals surface area contributed by atoms with E-state index >= 15 is 0 Å². The summed E-state index contributed by atoms with van der Waals surface area (Å²) in [6.45, 7) is 3.37. The van der Waals surface area contributed by atoms with Gasteiger partial charge in [-0.2, -0.15) is 0 Å². The molecule has 0 radical (unpaired) electrons. The molecular weight excluding hydrogens is 248 g/mol. The molecule has 2 fully saturated rings. The minimum absolute atomic E-state index is 0.200. The molecule has 19 heavy (non-hydrogen) atoms. The van der Waals surface area contributed by atoms with E-state index in [2.05, 4.69) is 10.6 Å². The average Bonchev–Trinajstić information content (AvgIpc) is 2.72. The lowest BCUT2D eigenvalue weighted by Crippen LogP contribution is -2.51. The fraction of sp³-hybridized carbons (Fsp3) is 0.846. The van der Waals surface area contributed by atoms with E-state index in [4.69, 9.17) is 9.84 Å². The van der Waals surface area contributed by atoms with Gasteiger partial charge in [-0.25, -0.2) is 4.79 Å². The maximum Gasteiger partial charge on any atom is 0.314 e. The highest BCUT2D eigenvalue weighted by Crippen LogP contribution is 2.40. The Morgan fingerprint density at radius 2 is 1.84 bits per heavy atom. The lowest BCUT2D eigenvalue weighted by Gasteiger charge is -2.37. The largest absolute Gasteiger partial charge is 0.481 e. The molecule has 1 aliphatic carbocycles. The van der Waals surface area contributed by atoms with Gasteiger partial charge in [0.1, 0.15) is 0 Å². The molecule has 0 aromatic rings. The zero-order valence-corrected chi connectivity index (χ0v) is 11.3. The number of carboxylic acids is 1. The summed E-state index contributed by atoms with van der Waals surface area (Å²) in [5.41, 5.74) is -1.02. The number of carbonyl (C=O) groups excluding carboxylic acids is 1. The Balaban J connectivity index is 1.71. The molecule has 2 aliphatic rings. The van der Waals surface area contributed by atoms with Crippen molar-refractivity contribution in [3.05, 3.63) is 0 Å². The van der Waals surface area contributed by atoms with E-state index in [1.807, 2.05) is 6.92 Å². The zero-order chi connectivity index (χ0) is 13.9. The molecule has 6 nitrogen and oxygen atoms in total. The van der Waals surface area contributed by atoms with Gasteiger partial charge in [-0.05, 0) is 32.6 Å². The van der Waals surface area contributed by atoms with Crippen LogP contribution in [-0.4, -0.2) is 42.4 Å². The molecule has 1 heterocycles. The van der Waals surface area contributed by atoms with Gasteiger partial charge >= 0.3 is 12.0 Å². The maximum absolute atomic E-state index is 11.7. The van der Waals surface area contributed by atoms with Crippen molar-refractivity contribution in [1.82, 2.24) is 10.6 Å². The normalized spacial score (nSPS) is 28.5. The van der Waals surface area contributed by atoms with E-state index in [0.717, 1.165) is 25.9 Å². The second-order valence-corrected chi connectivity index (χ2v) is 5.88. The highest BCUT2D eigenvalue weighted by Gasteiger charge is 2.44. The van der Waals surface area contributed by atoms with Crippen molar-refractivity contribution < 1.29 is 19.4 Å². The third-order valence-corrected chi connectivity index (χ3v) is 4.28. The minimum atomic E-state index is -0.815. The molecule has 0 aromatic heterocycles. The number of ether oxygens (including phenoxy) is 1. The van der Waals surface area contributed by atoms with Crippen molar-refractivity contribution in [1.29, 1.82) is 0 Å². The topological polar surface area (TPSA) is 87.7 Å². The number of hydrogen-bond donors (Lipinski definition) is 3. The van der Waals surface area contributed by atoms with E-state index in [-0.39, 0.29) is 18.2 Å². The number of carboxylic acid groups (broad SMARTS) is 1. The van der Waals surface area contributed by atoms with E-state index < -0.39 is 11.4 Å². The van der Waals surface area contributed by atoms with Gasteiger partial charge in [0, 0.05) is 19.7 Å². The Hall–Kier alpha value is -1.30. The molecule has 0 bridgehead atoms. The number of nitrogens with one attached hydrogen (secondary N) is 2. The first kappa shape index (κ1) is 14.1. The van der Waals surface area contributed by atoms with Gasteiger partial charge in [0.2, 0.25) is 0 Å². The third kappa shape index (κ3) is 3.18. The molecule has 1 saturated heterocycles. The Labute approximate surface area is 112 Å². The molecule has 2 amide bonds. The van der Waals surface area contributed by atoms with Crippen molar-refractivity contribution in [2.45, 2.75) is 44.6 Å². The van der Waals surface area contributed by atoms with Crippen molar-refractivity contribution in [3.63, 3.8) is 0 Å². The van der Waals surface area contributed by atoms with Crippen LogP contribution in [0.15, 0.2) is 0 Å². The van der Waals surface area contributed by atoms with E-state index in [1.165, 1.54) is 0 Å². The smallest absolute Gasteiger partial charge is 0.314 e. The number of urea groups is 1. The van der Waals surface area contributed by atoms with Gasteiger partial charge in [-0.3, -0.25) is 4.79 Å². The third-order valence-electron chi connectivity index (χ3n) is 4.28. The maximum atomic E-state index is 11.7. The summed E-state index contributed by atoms with van der Waals surface area (Å²) < 4.78 is 5.57. The standard InChI is InChI=1S/C13H22N2O4/c1-12(4-3-7-19-12)8-14-11(18)15-9-13(10(16)17)5-2-6-13/h2-9H2,1H3,(H,16,17)(H2,14,15,18). The van der Waals surface area contributed by atoms with E-state index in [1.54, 1.807) is 0 Å². The van der Waals surface area contributed by atoms with E-state index in [9.17, 15) is 9.59 Å². The first-order valence-electron chi connectivity index (χ1n) is 6.85. The lowest BCUT2D eigenvalue weighted by atomic mass is 9.69. The molecule has 1 atom stereocenters. The minimum Gasteiger partial charge on any atom is -0.481 e. The molecule has 0 spiro atoms. The number of rotatable bonds is 5. The molecule has 1 saturated carbocycles. The molecule has 108 valence electrons. The summed E-state index contributed by atoms with van der Waals surface area (Å²) in [6, 6.07) is -0.316. The van der Waals surface area contributed by atoms with Crippen LogP contribution in [0.2, 0.25) is 0 Å². The molecular formula is C13H22N2O4. The Kier molecular flexibility index (Phi) is 3.99. The summed E-state index contributed by atoms with van der Waals surface area (Å²) in [6.07, 6.45) is 4.16. The summed E-state index contributed by atoms with van der Waals surface area (Å²) in [5, 5.41) is 14.6. The van der Waals surface area contributed by atoms with Crippen LogP contribution in [0.1, 0.15) is 39.0 Å². The number of carbonyl (C=O) groups is 2. The molecule has 0 aromatic carbocycles. The molecule has 3 N–H and O–H groups in total. The molecule has 6 heteroatoms. The monoisotopic (exact) mass is 270 g/mol. The Bertz CT molecular complexity index is 360. The summed E-state index contributed by atoms with van der Waals surface area (Å²) in [7, 11) is 0. The van der Waals surface area contributed by atoms with Crippen molar-refractivity contribution in [2.75, 3.05) is 19.7 Å². The quantitative estimate of drug-likeness (QED) is 0.698. The van der Waals surface area contributed by atoms with Crippen LogP contribution < -0.4 is 10.6 Å². The fourth-order valence-corrected chi connectivity index (χ4v) is 2.63. The van der Waals surface area contributed by atoms with Crippen LogP contribution in [0, 0.1) is 5.41 Å². The first-order chi connectivity index (χ1) is 8.96. The van der Waals surface area contributed by atoms with Crippen LogP contribution >= 0.6 is 0 Å². The highest BCUT2D eigenvalue weighted by molar-refractivity contribution is 5.78. The molecule has 1 unspecified atom stereocenters. The SMILES string of the molecule is CC1(CNC(=O)NCC2(C(=O)O)CCC2)CCCO1. The Morgan fingerprint density at radius 3 is 2.32 bits per heavy atom. The molecule has 1 aliphatic heterocycles. The van der Waals surface area contributed by atoms with Crippen LogP contribution in [-0.2, 0) is 9.53 Å². The zero-order valence-electron chi connectivity index (χ0n) is 11.3. The van der Waals surface area contributed by atoms with Crippen LogP contribution in [0.25, 0.3) is 0 Å². The predicted octanol–water partition coefficient (Wildman–Crippen LogP) is 1.11. The van der Waals surface area contributed by atoms with Gasteiger partial charge in [0.05, 0.1) is 11.0 Å². The summed E-state index contributed by atoms with van der Waals surface area (Å²) >= 11 is 0. The Morgan fingerprint density at radius 1 is 1.16 bits per heavy atom. The average molecular weight is 270 g/mol. The highest BCUT2D eigenvalue weighted by atomic mass is 16.5. The van der Waals surface area contributed by atoms with Gasteiger partial charge in [-0.15, -0.1) is 0 Å². The lowest BCUT2D eigenvalue weighted by molar-refractivity contribution is -0.153. The predicted molar refractivity (Wildman–Crippen MR) is 68.9 cm³/mol. The van der Waals surface area contributed by atoms with Crippen LogP contribution in [0.3, 0.4) is 0 Å². The van der Waals surface area contributed by atoms with Crippen molar-refractivity contribution in [2.24, 2.45) is 5.41 Å². The second-order valence-electron chi connectivity index (χ2n) is 5.88. The first-order valence-corrected chi connectivity index (χ1v) is 6.85.